The van der Waals surface area contributed by atoms with Gasteiger partial charge in [-0.1, -0.05) is 52.3 Å². The molecule has 4 rings (SSSR count). The molecule has 0 saturated carbocycles. The van der Waals surface area contributed by atoms with Crippen LogP contribution in [-0.4, -0.2) is 33.9 Å². The van der Waals surface area contributed by atoms with Gasteiger partial charge >= 0.3 is 5.97 Å². The van der Waals surface area contributed by atoms with Crippen LogP contribution in [0.25, 0.3) is 10.9 Å². The van der Waals surface area contributed by atoms with Crippen molar-refractivity contribution < 1.29 is 26.4 Å². The summed E-state index contributed by atoms with van der Waals surface area (Å²) in [5, 5.41) is 0.530. The number of nitrogens with zero attached hydrogens (tertiary/aromatic N) is 1. The van der Waals surface area contributed by atoms with Crippen molar-refractivity contribution in [3.63, 3.8) is 0 Å². The van der Waals surface area contributed by atoms with Crippen LogP contribution in [0.4, 0.5) is 0 Å². The van der Waals surface area contributed by atoms with E-state index in [2.05, 4.69) is 15.9 Å². The van der Waals surface area contributed by atoms with Crippen molar-refractivity contribution >= 4 is 52.7 Å². The molecule has 10 heteroatoms. The van der Waals surface area contributed by atoms with Crippen molar-refractivity contribution in [1.82, 2.24) is 3.97 Å². The van der Waals surface area contributed by atoms with Crippen LogP contribution in [0.5, 0.6) is 0 Å². The van der Waals surface area contributed by atoms with Crippen molar-refractivity contribution in [3.8, 4) is 0 Å². The van der Waals surface area contributed by atoms with Gasteiger partial charge in [0.1, 0.15) is 0 Å². The molecule has 0 aliphatic heterocycles. The summed E-state index contributed by atoms with van der Waals surface area (Å²) in [5.74, 6) is -0.776. The normalized spacial score (nSPS) is 12.1. The average Bonchev–Trinajstić information content (AvgIpc) is 3.26. The van der Waals surface area contributed by atoms with Gasteiger partial charge in [-0.25, -0.2) is 25.6 Å². The number of esters is 1. The van der Waals surface area contributed by atoms with E-state index >= 15 is 0 Å². The number of hydrogen-bond donors (Lipinski definition) is 0. The number of sulfone groups is 1. The van der Waals surface area contributed by atoms with Crippen LogP contribution in [0.1, 0.15) is 15.9 Å². The SMILES string of the molecule is COC(=O)c1cccc2c1c(S(=O)(=O)c1ccc(CBr)cc1)cn2S(=O)(=O)c1ccccc1. The van der Waals surface area contributed by atoms with E-state index in [-0.39, 0.29) is 31.2 Å². The molecule has 0 bridgehead atoms. The Morgan fingerprint density at radius 1 is 0.879 bits per heavy atom. The Hall–Kier alpha value is -2.95. The van der Waals surface area contributed by atoms with Gasteiger partial charge in [0.05, 0.1) is 32.9 Å². The molecule has 0 aliphatic rings. The summed E-state index contributed by atoms with van der Waals surface area (Å²) < 4.78 is 59.8. The molecule has 0 aliphatic carbocycles. The van der Waals surface area contributed by atoms with E-state index in [9.17, 15) is 21.6 Å². The fourth-order valence-electron chi connectivity index (χ4n) is 3.50. The van der Waals surface area contributed by atoms with Crippen molar-refractivity contribution in [1.29, 1.82) is 0 Å². The highest BCUT2D eigenvalue weighted by atomic mass is 79.9. The monoisotopic (exact) mass is 547 g/mol. The van der Waals surface area contributed by atoms with Crippen LogP contribution < -0.4 is 0 Å². The van der Waals surface area contributed by atoms with E-state index in [4.69, 9.17) is 4.74 Å². The van der Waals surface area contributed by atoms with Crippen molar-refractivity contribution in [2.75, 3.05) is 7.11 Å². The Morgan fingerprint density at radius 2 is 1.55 bits per heavy atom. The Balaban J connectivity index is 2.07. The molecule has 0 spiro atoms. The van der Waals surface area contributed by atoms with E-state index < -0.39 is 25.8 Å². The first-order valence-corrected chi connectivity index (χ1v) is 13.7. The van der Waals surface area contributed by atoms with Crippen molar-refractivity contribution in [2.24, 2.45) is 0 Å². The quantitative estimate of drug-likeness (QED) is 0.262. The standard InChI is InChI=1S/C23H18BrNO6S2/c1-31-23(26)19-8-5-9-20-22(19)21(32(27,28)17-12-10-16(14-24)11-13-17)15-25(20)33(29,30)18-6-3-2-4-7-18/h2-13,15H,14H2,1H3. The van der Waals surface area contributed by atoms with Crippen LogP contribution in [0.2, 0.25) is 0 Å². The zero-order chi connectivity index (χ0) is 23.8. The molecule has 4 aromatic rings. The van der Waals surface area contributed by atoms with Gasteiger partial charge < -0.3 is 4.74 Å². The molecule has 0 N–H and O–H groups in total. The van der Waals surface area contributed by atoms with Gasteiger partial charge in [0.2, 0.25) is 9.84 Å². The van der Waals surface area contributed by atoms with Gasteiger partial charge in [-0.15, -0.1) is 0 Å². The number of benzene rings is 3. The topological polar surface area (TPSA) is 99.5 Å². The molecule has 0 atom stereocenters. The number of carbonyl (C=O) groups is 1. The lowest BCUT2D eigenvalue weighted by Crippen LogP contribution is -2.12. The Kier molecular flexibility index (Phi) is 6.17. The summed E-state index contributed by atoms with van der Waals surface area (Å²) in [6, 6.07) is 18.2. The zero-order valence-corrected chi connectivity index (χ0v) is 20.5. The number of fused-ring (bicyclic) bond motifs is 1. The second kappa shape index (κ2) is 8.77. The third-order valence-corrected chi connectivity index (χ3v) is 9.26. The predicted octanol–water partition coefficient (Wildman–Crippen LogP) is 4.39. The number of aromatic nitrogens is 1. The highest BCUT2D eigenvalue weighted by Crippen LogP contribution is 2.35. The van der Waals surface area contributed by atoms with E-state index in [1.54, 1.807) is 30.3 Å². The molecule has 33 heavy (non-hydrogen) atoms. The number of carbonyl (C=O) groups excluding carboxylic acids is 1. The maximum Gasteiger partial charge on any atom is 0.338 e. The summed E-state index contributed by atoms with van der Waals surface area (Å²) in [4.78, 5) is 12.1. The number of hydrogen-bond acceptors (Lipinski definition) is 6. The minimum absolute atomic E-state index is 0.0176. The van der Waals surface area contributed by atoms with Gasteiger partial charge in [-0.3, -0.25) is 0 Å². The summed E-state index contributed by atoms with van der Waals surface area (Å²) in [5.41, 5.74) is 0.878. The van der Waals surface area contributed by atoms with Gasteiger partial charge in [-0.2, -0.15) is 0 Å². The Labute approximate surface area is 199 Å². The fourth-order valence-corrected chi connectivity index (χ4v) is 6.80. The van der Waals surface area contributed by atoms with E-state index in [0.717, 1.165) is 15.7 Å². The van der Waals surface area contributed by atoms with Gasteiger partial charge in [-0.05, 0) is 42.0 Å². The Bertz CT molecular complexity index is 1560. The molecule has 170 valence electrons. The van der Waals surface area contributed by atoms with Gasteiger partial charge in [0, 0.05) is 16.9 Å². The zero-order valence-electron chi connectivity index (χ0n) is 17.3. The molecule has 0 unspecified atom stereocenters. The highest BCUT2D eigenvalue weighted by Gasteiger charge is 2.30. The first-order chi connectivity index (χ1) is 15.7. The summed E-state index contributed by atoms with van der Waals surface area (Å²) in [6.45, 7) is 0. The summed E-state index contributed by atoms with van der Waals surface area (Å²) >= 11 is 3.32. The smallest absolute Gasteiger partial charge is 0.338 e. The minimum Gasteiger partial charge on any atom is -0.465 e. The van der Waals surface area contributed by atoms with Crippen LogP contribution in [0.15, 0.2) is 93.7 Å². The molecule has 1 heterocycles. The lowest BCUT2D eigenvalue weighted by atomic mass is 10.1. The molecule has 0 saturated heterocycles. The molecule has 0 fully saturated rings. The molecular formula is C23H18BrNO6S2. The summed E-state index contributed by atoms with van der Waals surface area (Å²) in [7, 11) is -7.17. The minimum atomic E-state index is -4.18. The molecule has 0 radical (unpaired) electrons. The fraction of sp³-hybridized carbons (Fsp3) is 0.0870. The van der Waals surface area contributed by atoms with E-state index in [1.807, 2.05) is 0 Å². The van der Waals surface area contributed by atoms with Crippen LogP contribution >= 0.6 is 15.9 Å². The molecular weight excluding hydrogens is 530 g/mol. The maximum atomic E-state index is 13.6. The third kappa shape index (κ3) is 3.98. The molecule has 0 amide bonds. The van der Waals surface area contributed by atoms with Crippen LogP contribution in [0, 0.1) is 0 Å². The third-order valence-electron chi connectivity index (χ3n) is 5.14. The van der Waals surface area contributed by atoms with Gasteiger partial charge in [0.25, 0.3) is 10.0 Å². The van der Waals surface area contributed by atoms with Crippen LogP contribution in [0.3, 0.4) is 0 Å². The predicted molar refractivity (Wildman–Crippen MR) is 127 cm³/mol. The second-order valence-electron chi connectivity index (χ2n) is 7.08. The van der Waals surface area contributed by atoms with E-state index in [1.165, 1.54) is 49.6 Å². The van der Waals surface area contributed by atoms with Crippen molar-refractivity contribution in [3.05, 3.63) is 90.1 Å². The summed E-state index contributed by atoms with van der Waals surface area (Å²) in [6.07, 6.45) is 1.05. The number of rotatable bonds is 6. The average molecular weight is 548 g/mol. The first kappa shape index (κ1) is 23.2. The van der Waals surface area contributed by atoms with E-state index in [0.29, 0.717) is 5.33 Å². The maximum absolute atomic E-state index is 13.6. The largest absolute Gasteiger partial charge is 0.465 e. The number of alkyl halides is 1. The lowest BCUT2D eigenvalue weighted by Gasteiger charge is -2.08. The van der Waals surface area contributed by atoms with Gasteiger partial charge in [0.15, 0.2) is 0 Å². The van der Waals surface area contributed by atoms with Crippen molar-refractivity contribution in [2.45, 2.75) is 20.0 Å². The van der Waals surface area contributed by atoms with Crippen LogP contribution in [-0.2, 0) is 29.9 Å². The first-order valence-electron chi connectivity index (χ1n) is 9.65. The highest BCUT2D eigenvalue weighted by molar-refractivity contribution is 9.08. The number of halogens is 1. The second-order valence-corrected chi connectivity index (χ2v) is 11.4. The number of ether oxygens (including phenoxy) is 1. The molecule has 1 aromatic heterocycles. The lowest BCUT2D eigenvalue weighted by molar-refractivity contribution is 0.0603. The molecule has 7 nitrogen and oxygen atoms in total. The molecule has 3 aromatic carbocycles. The number of methoxy groups -OCH3 is 1. The Morgan fingerprint density at radius 3 is 2.15 bits per heavy atom.